The maximum absolute atomic E-state index is 13.3. The number of allylic oxidation sites excluding steroid dienone is 1. The van der Waals surface area contributed by atoms with E-state index in [-0.39, 0.29) is 35.8 Å². The van der Waals surface area contributed by atoms with Crippen LogP contribution in [0.15, 0.2) is 22.5 Å². The molecule has 2 aliphatic rings. The normalized spacial score (nSPS) is 23.8. The van der Waals surface area contributed by atoms with E-state index in [2.05, 4.69) is 27.5 Å². The van der Waals surface area contributed by atoms with Crippen molar-refractivity contribution in [3.05, 3.63) is 28.2 Å². The number of fused-ring (bicyclic) bond motifs is 4. The molecule has 1 aromatic rings. The van der Waals surface area contributed by atoms with Gasteiger partial charge in [-0.2, -0.15) is 0 Å². The van der Waals surface area contributed by atoms with Crippen molar-refractivity contribution in [2.75, 3.05) is 11.5 Å². The molecule has 12 heteroatoms. The minimum Gasteiger partial charge on any atom is -0.456 e. The highest BCUT2D eigenvalue weighted by molar-refractivity contribution is 8.14. The Morgan fingerprint density at radius 1 is 1.24 bits per heavy atom. The summed E-state index contributed by atoms with van der Waals surface area (Å²) in [6.07, 6.45) is 9.42. The monoisotopic (exact) mass is 622 g/mol. The van der Waals surface area contributed by atoms with Gasteiger partial charge in [0.1, 0.15) is 33.4 Å². The van der Waals surface area contributed by atoms with Crippen LogP contribution < -0.4 is 10.6 Å². The Kier molecular flexibility index (Phi) is 13.4. The third-order valence-electron chi connectivity index (χ3n) is 6.78. The number of thioether (sulfide) groups is 2. The third-order valence-corrected chi connectivity index (χ3v) is 9.87. The van der Waals surface area contributed by atoms with Crippen LogP contribution in [0.1, 0.15) is 89.8 Å². The van der Waals surface area contributed by atoms with Crippen molar-refractivity contribution in [2.45, 2.75) is 103 Å². The van der Waals surface area contributed by atoms with Gasteiger partial charge in [0.2, 0.25) is 11.8 Å². The fraction of sp³-hybridized carbons (Fsp3) is 0.655. The van der Waals surface area contributed by atoms with Gasteiger partial charge in [0, 0.05) is 23.3 Å². The average Bonchev–Trinajstić information content (AvgIpc) is 3.56. The van der Waals surface area contributed by atoms with E-state index in [1.165, 1.54) is 54.1 Å². The lowest BCUT2D eigenvalue weighted by Crippen LogP contribution is -2.53. The molecule has 1 unspecified atom stereocenters. The van der Waals surface area contributed by atoms with E-state index in [0.29, 0.717) is 35.1 Å². The molecule has 3 rings (SSSR count). The quantitative estimate of drug-likeness (QED) is 0.200. The summed E-state index contributed by atoms with van der Waals surface area (Å²) in [6.45, 7) is 7.83. The first kappa shape index (κ1) is 33.3. The van der Waals surface area contributed by atoms with Crippen LogP contribution in [-0.4, -0.2) is 62.1 Å². The van der Waals surface area contributed by atoms with Gasteiger partial charge in [-0.15, -0.1) is 23.1 Å². The van der Waals surface area contributed by atoms with Gasteiger partial charge in [0.15, 0.2) is 5.12 Å². The highest BCUT2D eigenvalue weighted by Crippen LogP contribution is 2.32. The Morgan fingerprint density at radius 2 is 2.02 bits per heavy atom. The van der Waals surface area contributed by atoms with E-state index in [1.54, 1.807) is 13.0 Å². The molecule has 2 amide bonds. The number of ether oxygens (including phenoxy) is 1. The molecule has 0 radical (unpaired) electrons. The van der Waals surface area contributed by atoms with Crippen molar-refractivity contribution in [3.8, 4) is 0 Å². The van der Waals surface area contributed by atoms with E-state index in [9.17, 15) is 19.2 Å². The van der Waals surface area contributed by atoms with E-state index in [4.69, 9.17) is 4.74 Å². The van der Waals surface area contributed by atoms with E-state index >= 15 is 0 Å². The van der Waals surface area contributed by atoms with Gasteiger partial charge in [-0.3, -0.25) is 19.4 Å². The van der Waals surface area contributed by atoms with Crippen molar-refractivity contribution in [1.82, 2.24) is 15.6 Å². The number of unbranched alkanes of at least 4 members (excludes halogenated alkanes) is 4. The topological polar surface area (TPSA) is 127 Å². The number of carbonyl (C=O) groups is 4. The Balaban J connectivity index is 1.66. The van der Waals surface area contributed by atoms with Crippen molar-refractivity contribution in [3.63, 3.8) is 0 Å². The Labute approximate surface area is 255 Å². The number of hydrogen-bond acceptors (Lipinski definition) is 10. The maximum Gasteiger partial charge on any atom is 0.329 e. The molecule has 3 atom stereocenters. The summed E-state index contributed by atoms with van der Waals surface area (Å²) in [5.74, 6) is -0.424. The van der Waals surface area contributed by atoms with Gasteiger partial charge in [-0.25, -0.2) is 9.78 Å². The first-order chi connectivity index (χ1) is 19.6. The largest absolute Gasteiger partial charge is 0.456 e. The molecule has 9 nitrogen and oxygen atoms in total. The Hall–Kier alpha value is -2.18. The highest BCUT2D eigenvalue weighted by Gasteiger charge is 2.41. The molecule has 0 aliphatic carbocycles. The molecule has 41 heavy (non-hydrogen) atoms. The molecular formula is C29H42N4O5S3. The van der Waals surface area contributed by atoms with Crippen molar-refractivity contribution < 1.29 is 23.9 Å². The summed E-state index contributed by atoms with van der Waals surface area (Å²) in [7, 11) is 0. The van der Waals surface area contributed by atoms with E-state index < -0.39 is 23.7 Å². The predicted molar refractivity (Wildman–Crippen MR) is 167 cm³/mol. The number of rotatable bonds is 11. The lowest BCUT2D eigenvalue weighted by Gasteiger charge is -2.27. The molecule has 2 N–H and O–H groups in total. The van der Waals surface area contributed by atoms with Gasteiger partial charge >= 0.3 is 5.97 Å². The molecule has 226 valence electrons. The molecule has 0 spiro atoms. The minimum atomic E-state index is -1.04. The molecule has 3 heterocycles. The molecular weight excluding hydrogens is 581 g/mol. The van der Waals surface area contributed by atoms with Gasteiger partial charge in [0.25, 0.3) is 0 Å². The predicted octanol–water partition coefficient (Wildman–Crippen LogP) is 5.03. The van der Waals surface area contributed by atoms with Crippen LogP contribution >= 0.6 is 34.9 Å². The fourth-order valence-corrected chi connectivity index (χ4v) is 6.96. The van der Waals surface area contributed by atoms with Crippen molar-refractivity contribution in [1.29, 1.82) is 0 Å². The maximum atomic E-state index is 13.3. The second kappa shape index (κ2) is 16.5. The fourth-order valence-electron chi connectivity index (χ4n) is 4.26. The van der Waals surface area contributed by atoms with Gasteiger partial charge < -0.3 is 15.4 Å². The molecule has 2 aliphatic heterocycles. The van der Waals surface area contributed by atoms with Crippen LogP contribution in [0.5, 0.6) is 0 Å². The number of carbonyl (C=O) groups excluding carboxylic acids is 4. The first-order valence-corrected chi connectivity index (χ1v) is 17.2. The third kappa shape index (κ3) is 10.6. The molecule has 0 saturated heterocycles. The summed E-state index contributed by atoms with van der Waals surface area (Å²) in [4.78, 5) is 60.7. The number of aliphatic imine (C=N–C) groups is 1. The molecule has 0 aromatic carbocycles. The van der Waals surface area contributed by atoms with Gasteiger partial charge in [-0.05, 0) is 31.8 Å². The second-order valence-electron chi connectivity index (χ2n) is 10.9. The second-order valence-corrected chi connectivity index (χ2v) is 13.9. The van der Waals surface area contributed by atoms with Crippen molar-refractivity contribution in [2.24, 2.45) is 10.9 Å². The SMILES string of the molecule is CCCCCCCC(=O)SCC/C=C/[C@@H]1CC(=O)NCc2nc(cs2)C2=NC(C)(CS2)C(=O)N[C@H](C(C)C)C(=O)O1. The zero-order valence-corrected chi connectivity index (χ0v) is 26.9. The number of aromatic nitrogens is 1. The summed E-state index contributed by atoms with van der Waals surface area (Å²) >= 11 is 4.18. The summed E-state index contributed by atoms with van der Waals surface area (Å²) in [5.41, 5.74) is -0.354. The molecule has 0 fully saturated rings. The zero-order chi connectivity index (χ0) is 29.8. The van der Waals surface area contributed by atoms with Gasteiger partial charge in [0.05, 0.1) is 13.0 Å². The summed E-state index contributed by atoms with van der Waals surface area (Å²) in [5, 5.41) is 9.17. The van der Waals surface area contributed by atoms with E-state index in [0.717, 1.165) is 17.8 Å². The number of thiazole rings is 1. The number of nitrogens with one attached hydrogen (secondary N) is 2. The molecule has 1 aromatic heterocycles. The molecule has 0 saturated carbocycles. The minimum absolute atomic E-state index is 0.0661. The Morgan fingerprint density at radius 3 is 2.78 bits per heavy atom. The first-order valence-electron chi connectivity index (χ1n) is 14.4. The Bertz CT molecular complexity index is 1140. The number of hydrogen-bond donors (Lipinski definition) is 2. The van der Waals surface area contributed by atoms with Crippen LogP contribution in [0.25, 0.3) is 0 Å². The van der Waals surface area contributed by atoms with Crippen LogP contribution in [0, 0.1) is 5.92 Å². The lowest BCUT2D eigenvalue weighted by molar-refractivity contribution is -0.153. The standard InChI is InChI=1S/C29H42N4O5S3/c1-5-6-7-8-9-13-24(35)39-14-11-10-12-20-15-22(34)30-16-23-31-21(17-40-23)26-33-29(4,18-41-26)28(37)32-25(19(2)3)27(36)38-20/h10,12,17,19-20,25H,5-9,11,13-16,18H2,1-4H3,(H,30,34)(H,32,37)/b12-10+/t20-,25-,29?/m1/s1. The lowest BCUT2D eigenvalue weighted by atomic mass is 10.0. The van der Waals surface area contributed by atoms with Crippen LogP contribution in [0.3, 0.4) is 0 Å². The van der Waals surface area contributed by atoms with Crippen LogP contribution in [0.4, 0.5) is 0 Å². The molecule has 4 bridgehead atoms. The van der Waals surface area contributed by atoms with Crippen molar-refractivity contribution >= 4 is 62.8 Å². The number of cyclic esters (lactones) is 1. The van der Waals surface area contributed by atoms with Crippen LogP contribution in [0.2, 0.25) is 0 Å². The number of esters is 1. The number of amides is 2. The smallest absolute Gasteiger partial charge is 0.329 e. The zero-order valence-electron chi connectivity index (χ0n) is 24.4. The highest BCUT2D eigenvalue weighted by atomic mass is 32.2. The van der Waals surface area contributed by atoms with Gasteiger partial charge in [-0.1, -0.05) is 64.3 Å². The van der Waals surface area contributed by atoms with E-state index in [1.807, 2.05) is 25.3 Å². The summed E-state index contributed by atoms with van der Waals surface area (Å²) < 4.78 is 5.77. The number of nitrogens with zero attached hydrogens (tertiary/aromatic N) is 2. The summed E-state index contributed by atoms with van der Waals surface area (Å²) in [6, 6.07) is -0.896. The van der Waals surface area contributed by atoms with Crippen LogP contribution in [-0.2, 0) is 30.5 Å². The average molecular weight is 623 g/mol.